The maximum absolute atomic E-state index is 12.3. The first kappa shape index (κ1) is 21.7. The maximum atomic E-state index is 12.3. The summed E-state index contributed by atoms with van der Waals surface area (Å²) < 4.78 is 14.4. The van der Waals surface area contributed by atoms with Gasteiger partial charge in [0.15, 0.2) is 5.11 Å². The van der Waals surface area contributed by atoms with E-state index in [1.54, 1.807) is 0 Å². The highest BCUT2D eigenvalue weighted by Gasteiger charge is 2.27. The molecule has 2 N–H and O–H groups in total. The predicted molar refractivity (Wildman–Crippen MR) is 117 cm³/mol. The van der Waals surface area contributed by atoms with E-state index in [0.29, 0.717) is 16.3 Å². The van der Waals surface area contributed by atoms with Gasteiger partial charge in [-0.05, 0) is 55.2 Å². The summed E-state index contributed by atoms with van der Waals surface area (Å²) in [7, 11) is 3.84. The minimum absolute atomic E-state index is 0.163. The molecule has 10 heteroatoms. The molecule has 2 aromatic rings. The number of nitrogens with one attached hydrogen (secondary N) is 2. The lowest BCUT2D eigenvalue weighted by Crippen LogP contribution is -2.21. The van der Waals surface area contributed by atoms with E-state index >= 15 is 0 Å². The van der Waals surface area contributed by atoms with Gasteiger partial charge in [-0.2, -0.15) is 0 Å². The van der Waals surface area contributed by atoms with Crippen LogP contribution in [-0.4, -0.2) is 44.3 Å². The minimum atomic E-state index is -0.606. The molecule has 0 aliphatic heterocycles. The molecule has 0 saturated carbocycles. The van der Waals surface area contributed by atoms with Gasteiger partial charge in [0.1, 0.15) is 5.00 Å². The molecule has 0 bridgehead atoms. The first-order valence-electron chi connectivity index (χ1n) is 9.00. The number of carbonyl (C=O) groups is 3. The molecule has 0 amide bonds. The summed E-state index contributed by atoms with van der Waals surface area (Å²) in [5.74, 6) is -1.63. The summed E-state index contributed by atoms with van der Waals surface area (Å²) in [5.41, 5.74) is 2.21. The van der Waals surface area contributed by atoms with Crippen molar-refractivity contribution in [2.24, 2.45) is 0 Å². The molecule has 0 atom stereocenters. The van der Waals surface area contributed by atoms with E-state index in [2.05, 4.69) is 10.6 Å². The molecule has 0 unspecified atom stereocenters. The van der Waals surface area contributed by atoms with Crippen molar-refractivity contribution in [3.63, 3.8) is 0 Å². The Morgan fingerprint density at radius 3 is 2.07 bits per heavy atom. The summed E-state index contributed by atoms with van der Waals surface area (Å²) in [6, 6.07) is 4.38. The first-order chi connectivity index (χ1) is 14.4. The number of rotatable bonds is 5. The second-order valence-electron chi connectivity index (χ2n) is 6.41. The zero-order valence-corrected chi connectivity index (χ0v) is 18.3. The molecule has 3 rings (SSSR count). The molecular weight excluding hydrogens is 428 g/mol. The van der Waals surface area contributed by atoms with Gasteiger partial charge in [0.2, 0.25) is 0 Å². The zero-order valence-electron chi connectivity index (χ0n) is 16.6. The number of esters is 3. The van der Waals surface area contributed by atoms with Crippen LogP contribution < -0.4 is 10.6 Å². The van der Waals surface area contributed by atoms with Gasteiger partial charge in [-0.25, -0.2) is 14.4 Å². The number of methoxy groups -OCH3 is 3. The van der Waals surface area contributed by atoms with Crippen LogP contribution in [0, 0.1) is 0 Å². The molecule has 0 saturated heterocycles. The number of hydrogen-bond acceptors (Lipinski definition) is 8. The van der Waals surface area contributed by atoms with E-state index in [1.165, 1.54) is 50.9 Å². The Kier molecular flexibility index (Phi) is 6.68. The Labute approximate surface area is 182 Å². The van der Waals surface area contributed by atoms with Crippen molar-refractivity contribution in [3.05, 3.63) is 45.3 Å². The van der Waals surface area contributed by atoms with Gasteiger partial charge in [0, 0.05) is 10.6 Å². The Morgan fingerprint density at radius 1 is 0.900 bits per heavy atom. The summed E-state index contributed by atoms with van der Waals surface area (Å²) in [6.45, 7) is 0. The molecule has 158 valence electrons. The van der Waals surface area contributed by atoms with Gasteiger partial charge in [0.05, 0.1) is 38.0 Å². The Morgan fingerprint density at radius 2 is 1.50 bits per heavy atom. The second kappa shape index (κ2) is 9.23. The molecule has 0 fully saturated rings. The average Bonchev–Trinajstić information content (AvgIpc) is 3.32. The smallest absolute Gasteiger partial charge is 0.341 e. The van der Waals surface area contributed by atoms with E-state index in [-0.39, 0.29) is 16.2 Å². The first-order valence-corrected chi connectivity index (χ1v) is 10.2. The fraction of sp³-hybridized carbons (Fsp3) is 0.300. The van der Waals surface area contributed by atoms with Gasteiger partial charge in [-0.15, -0.1) is 11.3 Å². The number of benzene rings is 1. The van der Waals surface area contributed by atoms with E-state index in [9.17, 15) is 14.4 Å². The Bertz CT molecular complexity index is 996. The summed E-state index contributed by atoms with van der Waals surface area (Å²) in [4.78, 5) is 37.3. The lowest BCUT2D eigenvalue weighted by molar-refractivity contribution is 0.0587. The molecule has 30 heavy (non-hydrogen) atoms. The van der Waals surface area contributed by atoms with Crippen molar-refractivity contribution in [2.45, 2.75) is 19.3 Å². The number of hydrogen-bond donors (Lipinski definition) is 2. The summed E-state index contributed by atoms with van der Waals surface area (Å²) in [6.07, 6.45) is 2.74. The van der Waals surface area contributed by atoms with Crippen LogP contribution in [0.1, 0.15) is 47.9 Å². The van der Waals surface area contributed by atoms with Crippen molar-refractivity contribution in [1.29, 1.82) is 0 Å². The van der Waals surface area contributed by atoms with Crippen LogP contribution in [0.15, 0.2) is 18.2 Å². The van der Waals surface area contributed by atoms with Gasteiger partial charge in [-0.1, -0.05) is 0 Å². The number of thiocarbonyl (C=S) groups is 1. The van der Waals surface area contributed by atoms with Gasteiger partial charge >= 0.3 is 17.9 Å². The van der Waals surface area contributed by atoms with Crippen LogP contribution in [0.25, 0.3) is 0 Å². The summed E-state index contributed by atoms with van der Waals surface area (Å²) >= 11 is 6.85. The molecule has 1 aromatic heterocycles. The third kappa shape index (κ3) is 4.44. The molecule has 1 heterocycles. The molecule has 1 aliphatic carbocycles. The van der Waals surface area contributed by atoms with Crippen LogP contribution >= 0.6 is 23.6 Å². The Hall–Kier alpha value is -2.98. The standard InChI is InChI=1S/C20H20N2O6S2/c1-26-17(23)10-7-11(18(24)27-2)9-12(8-10)21-20(29)22-16-15(19(25)28-3)13-5-4-6-14(13)30-16/h7-9H,4-6H2,1-3H3,(H2,21,22,29). The molecule has 0 spiro atoms. The van der Waals surface area contributed by atoms with E-state index < -0.39 is 17.9 Å². The number of aryl methyl sites for hydroxylation is 1. The van der Waals surface area contributed by atoms with Gasteiger partial charge < -0.3 is 24.8 Å². The van der Waals surface area contributed by atoms with Crippen molar-refractivity contribution in [3.8, 4) is 0 Å². The van der Waals surface area contributed by atoms with Crippen molar-refractivity contribution in [2.75, 3.05) is 32.0 Å². The van der Waals surface area contributed by atoms with E-state index in [1.807, 2.05) is 0 Å². The lowest BCUT2D eigenvalue weighted by Gasteiger charge is -2.13. The van der Waals surface area contributed by atoms with Gasteiger partial charge in [-0.3, -0.25) is 0 Å². The highest BCUT2D eigenvalue weighted by atomic mass is 32.1. The zero-order chi connectivity index (χ0) is 21.8. The number of carbonyl (C=O) groups excluding carboxylic acids is 3. The molecule has 1 aromatic carbocycles. The SMILES string of the molecule is COC(=O)c1cc(NC(=S)Nc2sc3c(c2C(=O)OC)CCC3)cc(C(=O)OC)c1. The lowest BCUT2D eigenvalue weighted by atomic mass is 10.1. The van der Waals surface area contributed by atoms with Crippen LogP contribution in [-0.2, 0) is 27.1 Å². The number of fused-ring (bicyclic) bond motifs is 1. The largest absolute Gasteiger partial charge is 0.465 e. The number of anilines is 2. The van der Waals surface area contributed by atoms with Crippen molar-refractivity contribution >= 4 is 57.3 Å². The average molecular weight is 449 g/mol. The van der Waals surface area contributed by atoms with Crippen LogP contribution in [0.5, 0.6) is 0 Å². The predicted octanol–water partition coefficient (Wildman–Crippen LogP) is 3.41. The van der Waals surface area contributed by atoms with Gasteiger partial charge in [0.25, 0.3) is 0 Å². The molecular formula is C20H20N2O6S2. The monoisotopic (exact) mass is 448 g/mol. The maximum Gasteiger partial charge on any atom is 0.341 e. The van der Waals surface area contributed by atoms with E-state index in [4.69, 9.17) is 26.4 Å². The van der Waals surface area contributed by atoms with Crippen LogP contribution in [0.2, 0.25) is 0 Å². The highest BCUT2D eigenvalue weighted by molar-refractivity contribution is 7.80. The normalized spacial score (nSPS) is 12.0. The van der Waals surface area contributed by atoms with E-state index in [0.717, 1.165) is 29.7 Å². The van der Waals surface area contributed by atoms with Crippen LogP contribution in [0.4, 0.5) is 10.7 Å². The van der Waals surface area contributed by atoms with Crippen molar-refractivity contribution < 1.29 is 28.6 Å². The fourth-order valence-electron chi connectivity index (χ4n) is 3.25. The molecule has 0 radical (unpaired) electrons. The molecule has 8 nitrogen and oxygen atoms in total. The molecule has 1 aliphatic rings. The third-order valence-electron chi connectivity index (χ3n) is 4.57. The number of ether oxygens (including phenoxy) is 3. The van der Waals surface area contributed by atoms with Crippen LogP contribution in [0.3, 0.4) is 0 Å². The quantitative estimate of drug-likeness (QED) is 0.405. The Balaban J connectivity index is 1.86. The highest BCUT2D eigenvalue weighted by Crippen LogP contribution is 2.39. The summed E-state index contributed by atoms with van der Waals surface area (Å²) in [5, 5.41) is 6.76. The number of thiophene rings is 1. The second-order valence-corrected chi connectivity index (χ2v) is 7.93. The topological polar surface area (TPSA) is 103 Å². The minimum Gasteiger partial charge on any atom is -0.465 e. The van der Waals surface area contributed by atoms with Crippen molar-refractivity contribution in [1.82, 2.24) is 0 Å². The third-order valence-corrected chi connectivity index (χ3v) is 5.98. The fourth-order valence-corrected chi connectivity index (χ4v) is 4.81.